The summed E-state index contributed by atoms with van der Waals surface area (Å²) in [5.74, 6) is 0.0382. The molecule has 0 radical (unpaired) electrons. The highest BCUT2D eigenvalue weighted by Crippen LogP contribution is 2.26. The Morgan fingerprint density at radius 2 is 2.00 bits per heavy atom. The molecular weight excluding hydrogens is 328 g/mol. The van der Waals surface area contributed by atoms with Crippen LogP contribution in [-0.4, -0.2) is 24.8 Å². The fourth-order valence-electron chi connectivity index (χ4n) is 2.04. The normalized spacial score (nSPS) is 10.8. The number of nitrogens with zero attached hydrogens (tertiary/aromatic N) is 4. The van der Waals surface area contributed by atoms with Crippen LogP contribution in [0.2, 0.25) is 5.02 Å². The van der Waals surface area contributed by atoms with Gasteiger partial charge in [-0.15, -0.1) is 0 Å². The maximum atomic E-state index is 12.7. The summed E-state index contributed by atoms with van der Waals surface area (Å²) in [5, 5.41) is 3.88. The van der Waals surface area contributed by atoms with Gasteiger partial charge in [0.05, 0.1) is 12.3 Å². The third-order valence-corrected chi connectivity index (χ3v) is 3.30. The summed E-state index contributed by atoms with van der Waals surface area (Å²) in [6.45, 7) is 2.13. The van der Waals surface area contributed by atoms with Crippen molar-refractivity contribution in [3.05, 3.63) is 75.1 Å². The number of aliphatic imine (C=N–C) groups is 1. The number of rotatable bonds is 6. The quantitative estimate of drug-likeness (QED) is 0.186. The molecular formula is C17H15ClN4O2. The fourth-order valence-corrected chi connectivity index (χ4v) is 2.21. The van der Waals surface area contributed by atoms with Gasteiger partial charge in [0.15, 0.2) is 11.7 Å². The van der Waals surface area contributed by atoms with Crippen molar-refractivity contribution in [2.45, 2.75) is 6.92 Å². The summed E-state index contributed by atoms with van der Waals surface area (Å²) >= 11 is 6.03. The molecule has 24 heavy (non-hydrogen) atoms. The molecule has 0 N–H and O–H groups in total. The molecule has 0 aromatic heterocycles. The van der Waals surface area contributed by atoms with Gasteiger partial charge in [0.25, 0.3) is 0 Å². The topological polar surface area (TPSA) is 87.4 Å². The molecule has 7 heteroatoms. The van der Waals surface area contributed by atoms with Gasteiger partial charge in [0.2, 0.25) is 0 Å². The van der Waals surface area contributed by atoms with Crippen molar-refractivity contribution in [1.82, 2.24) is 0 Å². The van der Waals surface area contributed by atoms with Crippen LogP contribution in [0.4, 0.5) is 5.69 Å². The monoisotopic (exact) mass is 342 g/mol. The van der Waals surface area contributed by atoms with E-state index >= 15 is 0 Å². The van der Waals surface area contributed by atoms with Gasteiger partial charge in [-0.3, -0.25) is 4.79 Å². The summed E-state index contributed by atoms with van der Waals surface area (Å²) < 4.78 is 5.36. The van der Waals surface area contributed by atoms with E-state index in [2.05, 4.69) is 15.0 Å². The molecule has 122 valence electrons. The van der Waals surface area contributed by atoms with Crippen molar-refractivity contribution in [2.75, 3.05) is 13.2 Å². The molecule has 2 aromatic rings. The number of ether oxygens (including phenoxy) is 1. The van der Waals surface area contributed by atoms with E-state index < -0.39 is 0 Å². The van der Waals surface area contributed by atoms with Crippen molar-refractivity contribution in [1.29, 1.82) is 0 Å². The molecule has 0 aliphatic carbocycles. The Labute approximate surface area is 144 Å². The average Bonchev–Trinajstić information content (AvgIpc) is 2.61. The van der Waals surface area contributed by atoms with Gasteiger partial charge in [-0.2, -0.15) is 0 Å². The van der Waals surface area contributed by atoms with E-state index in [9.17, 15) is 4.79 Å². The van der Waals surface area contributed by atoms with Gasteiger partial charge in [-0.1, -0.05) is 47.0 Å². The maximum Gasteiger partial charge on any atom is 0.195 e. The van der Waals surface area contributed by atoms with Gasteiger partial charge >= 0.3 is 0 Å². The van der Waals surface area contributed by atoms with Crippen LogP contribution in [0.15, 0.2) is 58.6 Å². The van der Waals surface area contributed by atoms with E-state index in [0.29, 0.717) is 28.4 Å². The number of azide groups is 1. The van der Waals surface area contributed by atoms with E-state index in [1.54, 1.807) is 49.4 Å². The third-order valence-electron chi connectivity index (χ3n) is 3.06. The van der Waals surface area contributed by atoms with E-state index in [0.717, 1.165) is 0 Å². The Morgan fingerprint density at radius 3 is 2.67 bits per heavy atom. The summed E-state index contributed by atoms with van der Waals surface area (Å²) in [5.41, 5.74) is 9.75. The third kappa shape index (κ3) is 4.59. The number of carbonyl (C=O) groups excluding carboxylic acids is 1. The molecule has 6 nitrogen and oxygen atoms in total. The van der Waals surface area contributed by atoms with E-state index in [1.165, 1.54) is 0 Å². The minimum absolute atomic E-state index is 0.0358. The first kappa shape index (κ1) is 17.5. The first-order valence-electron chi connectivity index (χ1n) is 7.26. The summed E-state index contributed by atoms with van der Waals surface area (Å²) in [7, 11) is 0. The Kier molecular flexibility index (Phi) is 6.37. The lowest BCUT2D eigenvalue weighted by Gasteiger charge is -2.09. The van der Waals surface area contributed by atoms with E-state index in [4.69, 9.17) is 21.9 Å². The highest BCUT2D eigenvalue weighted by Gasteiger charge is 2.15. The zero-order valence-electron chi connectivity index (χ0n) is 13.0. The maximum absolute atomic E-state index is 12.7. The van der Waals surface area contributed by atoms with Crippen LogP contribution >= 0.6 is 11.6 Å². The van der Waals surface area contributed by atoms with Crippen molar-refractivity contribution < 1.29 is 9.53 Å². The van der Waals surface area contributed by atoms with Crippen molar-refractivity contribution in [3.63, 3.8) is 0 Å². The van der Waals surface area contributed by atoms with Crippen LogP contribution in [0.3, 0.4) is 0 Å². The number of hydrogen-bond acceptors (Lipinski definition) is 4. The molecule has 0 saturated carbocycles. The zero-order valence-corrected chi connectivity index (χ0v) is 13.8. The van der Waals surface area contributed by atoms with Crippen LogP contribution in [-0.2, 0) is 4.74 Å². The predicted molar refractivity (Wildman–Crippen MR) is 94.1 cm³/mol. The van der Waals surface area contributed by atoms with Gasteiger partial charge in [0.1, 0.15) is 6.54 Å². The summed E-state index contributed by atoms with van der Waals surface area (Å²) in [4.78, 5) is 19.7. The molecule has 0 fully saturated rings. The van der Waals surface area contributed by atoms with Gasteiger partial charge < -0.3 is 4.74 Å². The number of halogens is 1. The van der Waals surface area contributed by atoms with Crippen molar-refractivity contribution in [2.24, 2.45) is 10.1 Å². The fraction of sp³-hybridized carbons (Fsp3) is 0.176. The minimum atomic E-state index is -0.198. The van der Waals surface area contributed by atoms with E-state index in [1.807, 2.05) is 6.07 Å². The molecule has 0 aliphatic heterocycles. The second-order valence-electron chi connectivity index (χ2n) is 4.68. The molecule has 2 aromatic carbocycles. The van der Waals surface area contributed by atoms with E-state index in [-0.39, 0.29) is 18.2 Å². The number of benzene rings is 2. The lowest BCUT2D eigenvalue weighted by atomic mass is 10.0. The molecule has 0 amide bonds. The number of ketones is 1. The van der Waals surface area contributed by atoms with Crippen LogP contribution < -0.4 is 0 Å². The SMILES string of the molecule is CCOC(CN=[N+]=[N-])=Nc1ccc(Cl)cc1C(=O)c1ccccc1. The molecule has 0 aliphatic rings. The zero-order chi connectivity index (χ0) is 17.4. The van der Waals surface area contributed by atoms with Crippen molar-refractivity contribution >= 4 is 29.0 Å². The molecule has 0 saturated heterocycles. The predicted octanol–water partition coefficient (Wildman–Crippen LogP) is 4.95. The lowest BCUT2D eigenvalue weighted by Crippen LogP contribution is -2.09. The lowest BCUT2D eigenvalue weighted by molar-refractivity contribution is 0.103. The molecule has 0 bridgehead atoms. The van der Waals surface area contributed by atoms with Gasteiger partial charge in [-0.05, 0) is 30.7 Å². The first-order chi connectivity index (χ1) is 11.7. The second kappa shape index (κ2) is 8.72. The van der Waals surface area contributed by atoms with Gasteiger partial charge in [0, 0.05) is 21.1 Å². The largest absolute Gasteiger partial charge is 0.481 e. The smallest absolute Gasteiger partial charge is 0.195 e. The Hall–Kier alpha value is -2.82. The van der Waals surface area contributed by atoms with Crippen LogP contribution in [0.1, 0.15) is 22.8 Å². The number of carbonyl (C=O) groups is 1. The molecule has 2 rings (SSSR count). The molecule has 0 heterocycles. The molecule has 0 atom stereocenters. The number of hydrogen-bond donors (Lipinski definition) is 0. The standard InChI is InChI=1S/C17H15ClN4O2/c1-2-24-16(11-20-22-19)21-15-9-8-13(18)10-14(15)17(23)12-6-4-3-5-7-12/h3-10H,2,11H2,1H3. The highest BCUT2D eigenvalue weighted by atomic mass is 35.5. The Bertz CT molecular complexity index is 799. The highest BCUT2D eigenvalue weighted by molar-refractivity contribution is 6.31. The Morgan fingerprint density at radius 1 is 1.25 bits per heavy atom. The molecule has 0 spiro atoms. The van der Waals surface area contributed by atoms with Crippen LogP contribution in [0.5, 0.6) is 0 Å². The first-order valence-corrected chi connectivity index (χ1v) is 7.64. The average molecular weight is 343 g/mol. The van der Waals surface area contributed by atoms with Crippen molar-refractivity contribution in [3.8, 4) is 0 Å². The summed E-state index contributed by atoms with van der Waals surface area (Å²) in [6.07, 6.45) is 0. The minimum Gasteiger partial charge on any atom is -0.481 e. The summed E-state index contributed by atoms with van der Waals surface area (Å²) in [6, 6.07) is 13.7. The molecule has 0 unspecified atom stereocenters. The Balaban J connectivity index is 2.47. The second-order valence-corrected chi connectivity index (χ2v) is 5.12. The van der Waals surface area contributed by atoms with Crippen LogP contribution in [0.25, 0.3) is 10.4 Å². The van der Waals surface area contributed by atoms with Crippen LogP contribution in [0, 0.1) is 0 Å². The van der Waals surface area contributed by atoms with Gasteiger partial charge in [-0.25, -0.2) is 4.99 Å².